The van der Waals surface area contributed by atoms with Crippen LogP contribution in [0, 0.1) is 0 Å². The summed E-state index contributed by atoms with van der Waals surface area (Å²) < 4.78 is 1.16. The number of amides is 1. The van der Waals surface area contributed by atoms with Crippen molar-refractivity contribution in [2.24, 2.45) is 5.73 Å². The molecule has 2 rings (SSSR count). The molecule has 0 unspecified atom stereocenters. The first-order valence-electron chi connectivity index (χ1n) is 6.92. The van der Waals surface area contributed by atoms with Crippen molar-refractivity contribution in [1.29, 1.82) is 0 Å². The van der Waals surface area contributed by atoms with Gasteiger partial charge in [0.1, 0.15) is 0 Å². The number of halogens is 2. The predicted octanol–water partition coefficient (Wildman–Crippen LogP) is 3.64. The standard InChI is InChI=1S/C14H21BrN2OS.ClH/c15-13-9-8-12(19-13)2-1-3-14(18)17-11-6-4-10(16)5-7-11;/h8-11H,1-7,16H2,(H,17,18);1H. The summed E-state index contributed by atoms with van der Waals surface area (Å²) >= 11 is 5.20. The Morgan fingerprint density at radius 2 is 2.05 bits per heavy atom. The maximum absolute atomic E-state index is 11.8. The second-order valence-corrected chi connectivity index (χ2v) is 7.79. The van der Waals surface area contributed by atoms with Crippen molar-refractivity contribution in [3.8, 4) is 0 Å². The molecule has 0 bridgehead atoms. The number of nitrogens with one attached hydrogen (secondary N) is 1. The number of aryl methyl sites for hydroxylation is 1. The van der Waals surface area contributed by atoms with E-state index in [4.69, 9.17) is 5.73 Å². The SMILES string of the molecule is Cl.NC1CCC(NC(=O)CCCc2ccc(Br)s2)CC1. The molecule has 0 spiro atoms. The normalized spacial score (nSPS) is 22.1. The van der Waals surface area contributed by atoms with E-state index in [1.807, 2.05) is 0 Å². The Balaban J connectivity index is 0.00000200. The number of carbonyl (C=O) groups is 1. The fraction of sp³-hybridized carbons (Fsp3) is 0.643. The molecule has 3 N–H and O–H groups in total. The van der Waals surface area contributed by atoms with E-state index in [9.17, 15) is 4.79 Å². The van der Waals surface area contributed by atoms with Crippen molar-refractivity contribution in [2.75, 3.05) is 0 Å². The smallest absolute Gasteiger partial charge is 0.220 e. The molecule has 0 atom stereocenters. The average Bonchev–Trinajstić information content (AvgIpc) is 2.78. The molecule has 0 radical (unpaired) electrons. The third kappa shape index (κ3) is 6.12. The van der Waals surface area contributed by atoms with Gasteiger partial charge in [-0.25, -0.2) is 0 Å². The van der Waals surface area contributed by atoms with Crippen LogP contribution in [0.2, 0.25) is 0 Å². The Hall–Kier alpha value is -0.100. The number of hydrogen-bond acceptors (Lipinski definition) is 3. The van der Waals surface area contributed by atoms with Crippen LogP contribution in [0.3, 0.4) is 0 Å². The molecule has 0 aromatic carbocycles. The van der Waals surface area contributed by atoms with Gasteiger partial charge in [0, 0.05) is 23.4 Å². The summed E-state index contributed by atoms with van der Waals surface area (Å²) in [6.07, 6.45) is 6.67. The van der Waals surface area contributed by atoms with Crippen LogP contribution >= 0.6 is 39.7 Å². The van der Waals surface area contributed by atoms with Gasteiger partial charge in [0.15, 0.2) is 0 Å². The van der Waals surface area contributed by atoms with Gasteiger partial charge in [-0.1, -0.05) is 0 Å². The van der Waals surface area contributed by atoms with Crippen LogP contribution in [0.1, 0.15) is 43.4 Å². The van der Waals surface area contributed by atoms with Gasteiger partial charge >= 0.3 is 0 Å². The van der Waals surface area contributed by atoms with E-state index in [1.165, 1.54) is 4.88 Å². The van der Waals surface area contributed by atoms with Crippen molar-refractivity contribution in [2.45, 2.75) is 57.0 Å². The lowest BCUT2D eigenvalue weighted by molar-refractivity contribution is -0.122. The largest absolute Gasteiger partial charge is 0.353 e. The van der Waals surface area contributed by atoms with Crippen LogP contribution in [0.5, 0.6) is 0 Å². The first kappa shape index (κ1) is 18.0. The maximum atomic E-state index is 11.8. The Labute approximate surface area is 139 Å². The van der Waals surface area contributed by atoms with Gasteiger partial charge in [-0.2, -0.15) is 0 Å². The van der Waals surface area contributed by atoms with E-state index < -0.39 is 0 Å². The molecular formula is C14H22BrClN2OS. The average molecular weight is 382 g/mol. The highest BCUT2D eigenvalue weighted by Crippen LogP contribution is 2.23. The second-order valence-electron chi connectivity index (χ2n) is 5.24. The zero-order valence-corrected chi connectivity index (χ0v) is 14.7. The highest BCUT2D eigenvalue weighted by atomic mass is 79.9. The molecular weight excluding hydrogens is 360 g/mol. The zero-order chi connectivity index (χ0) is 13.7. The van der Waals surface area contributed by atoms with Crippen molar-refractivity contribution >= 4 is 45.6 Å². The molecule has 1 amide bonds. The van der Waals surface area contributed by atoms with E-state index in [-0.39, 0.29) is 18.3 Å². The molecule has 3 nitrogen and oxygen atoms in total. The lowest BCUT2D eigenvalue weighted by Gasteiger charge is -2.26. The minimum Gasteiger partial charge on any atom is -0.353 e. The van der Waals surface area contributed by atoms with E-state index in [2.05, 4.69) is 33.4 Å². The third-order valence-corrected chi connectivity index (χ3v) is 5.28. The Morgan fingerprint density at radius 3 is 2.65 bits per heavy atom. The second kappa shape index (κ2) is 9.03. The van der Waals surface area contributed by atoms with Crippen LogP contribution in [-0.4, -0.2) is 18.0 Å². The molecule has 1 aliphatic rings. The summed E-state index contributed by atoms with van der Waals surface area (Å²) in [4.78, 5) is 13.2. The van der Waals surface area contributed by atoms with Crippen LogP contribution in [0.4, 0.5) is 0 Å². The summed E-state index contributed by atoms with van der Waals surface area (Å²) in [7, 11) is 0. The number of hydrogen-bond donors (Lipinski definition) is 2. The maximum Gasteiger partial charge on any atom is 0.220 e. The van der Waals surface area contributed by atoms with E-state index in [0.29, 0.717) is 18.5 Å². The molecule has 1 saturated carbocycles. The number of rotatable bonds is 5. The fourth-order valence-electron chi connectivity index (χ4n) is 2.47. The van der Waals surface area contributed by atoms with E-state index >= 15 is 0 Å². The predicted molar refractivity (Wildman–Crippen MR) is 90.6 cm³/mol. The number of thiophene rings is 1. The molecule has 0 saturated heterocycles. The summed E-state index contributed by atoms with van der Waals surface area (Å²) in [6.45, 7) is 0. The number of nitrogens with two attached hydrogens (primary N) is 1. The molecule has 1 aliphatic carbocycles. The van der Waals surface area contributed by atoms with Crippen LogP contribution in [-0.2, 0) is 11.2 Å². The van der Waals surface area contributed by atoms with Crippen molar-refractivity contribution in [1.82, 2.24) is 5.32 Å². The Bertz CT molecular complexity index is 419. The van der Waals surface area contributed by atoms with Gasteiger partial charge in [0.2, 0.25) is 5.91 Å². The summed E-state index contributed by atoms with van der Waals surface area (Å²) in [5.74, 6) is 0.191. The molecule has 1 aromatic rings. The third-order valence-electron chi connectivity index (χ3n) is 3.59. The van der Waals surface area contributed by atoms with Crippen molar-refractivity contribution < 1.29 is 4.79 Å². The Kier molecular flexibility index (Phi) is 8.10. The lowest BCUT2D eigenvalue weighted by atomic mass is 9.92. The minimum atomic E-state index is 0. The van der Waals surface area contributed by atoms with Gasteiger partial charge in [0.05, 0.1) is 3.79 Å². The molecule has 20 heavy (non-hydrogen) atoms. The van der Waals surface area contributed by atoms with Gasteiger partial charge < -0.3 is 11.1 Å². The summed E-state index contributed by atoms with van der Waals surface area (Å²) in [5, 5.41) is 3.13. The van der Waals surface area contributed by atoms with E-state index in [0.717, 1.165) is 42.3 Å². The van der Waals surface area contributed by atoms with Gasteiger partial charge in [-0.3, -0.25) is 4.79 Å². The zero-order valence-electron chi connectivity index (χ0n) is 11.4. The van der Waals surface area contributed by atoms with Crippen molar-refractivity contribution in [3.05, 3.63) is 20.8 Å². The van der Waals surface area contributed by atoms with E-state index in [1.54, 1.807) is 11.3 Å². The Morgan fingerprint density at radius 1 is 1.35 bits per heavy atom. The summed E-state index contributed by atoms with van der Waals surface area (Å²) in [6, 6.07) is 4.87. The monoisotopic (exact) mass is 380 g/mol. The lowest BCUT2D eigenvalue weighted by Crippen LogP contribution is -2.40. The van der Waals surface area contributed by atoms with Gasteiger partial charge in [-0.05, 0) is 66.6 Å². The molecule has 0 aliphatic heterocycles. The summed E-state index contributed by atoms with van der Waals surface area (Å²) in [5.41, 5.74) is 5.86. The first-order chi connectivity index (χ1) is 9.13. The fourth-order valence-corrected chi connectivity index (χ4v) is 4.00. The van der Waals surface area contributed by atoms with Crippen LogP contribution in [0.15, 0.2) is 15.9 Å². The van der Waals surface area contributed by atoms with Crippen molar-refractivity contribution in [3.63, 3.8) is 0 Å². The molecule has 1 fully saturated rings. The molecule has 1 heterocycles. The topological polar surface area (TPSA) is 55.1 Å². The molecule has 1 aromatic heterocycles. The first-order valence-corrected chi connectivity index (χ1v) is 8.53. The highest BCUT2D eigenvalue weighted by Gasteiger charge is 2.19. The minimum absolute atomic E-state index is 0. The van der Waals surface area contributed by atoms with Gasteiger partial charge in [0.25, 0.3) is 0 Å². The number of carbonyl (C=O) groups excluding carboxylic acids is 1. The van der Waals surface area contributed by atoms with Crippen LogP contribution < -0.4 is 11.1 Å². The molecule has 6 heteroatoms. The molecule has 114 valence electrons. The quantitative estimate of drug-likeness (QED) is 0.818. The van der Waals surface area contributed by atoms with Gasteiger partial charge in [-0.15, -0.1) is 23.7 Å². The highest BCUT2D eigenvalue weighted by molar-refractivity contribution is 9.11. The van der Waals surface area contributed by atoms with Crippen LogP contribution in [0.25, 0.3) is 0 Å².